The van der Waals surface area contributed by atoms with E-state index in [-0.39, 0.29) is 17.3 Å². The number of carbonyl (C=O) groups excluding carboxylic acids is 2. The van der Waals surface area contributed by atoms with Gasteiger partial charge in [0, 0.05) is 5.92 Å². The molecule has 0 aromatic heterocycles. The predicted molar refractivity (Wildman–Crippen MR) is 90.5 cm³/mol. The largest absolute Gasteiger partial charge is 0.459 e. The normalized spacial score (nSPS) is 61.1. The second-order valence-corrected chi connectivity index (χ2v) is 10.7. The van der Waals surface area contributed by atoms with Gasteiger partial charge in [0.15, 0.2) is 6.10 Å². The van der Waals surface area contributed by atoms with Crippen LogP contribution < -0.4 is 0 Å². The van der Waals surface area contributed by atoms with E-state index in [9.17, 15) is 19.8 Å². The highest BCUT2D eigenvalue weighted by Gasteiger charge is 3.00. The topological polar surface area (TPSA) is 112 Å². The van der Waals surface area contributed by atoms with Gasteiger partial charge < -0.3 is 29.2 Å². The summed E-state index contributed by atoms with van der Waals surface area (Å²) >= 11 is 0. The molecule has 4 heterocycles. The first-order valence-electron chi connectivity index (χ1n) is 10.1. The number of carbonyl (C=O) groups is 2. The van der Waals surface area contributed by atoms with E-state index < -0.39 is 58.6 Å². The van der Waals surface area contributed by atoms with Crippen molar-refractivity contribution in [2.45, 2.75) is 76.3 Å². The first-order chi connectivity index (χ1) is 13.0. The van der Waals surface area contributed by atoms with Crippen molar-refractivity contribution in [1.82, 2.24) is 0 Å². The van der Waals surface area contributed by atoms with E-state index in [2.05, 4.69) is 0 Å². The van der Waals surface area contributed by atoms with Gasteiger partial charge in [0.1, 0.15) is 11.7 Å². The third-order valence-electron chi connectivity index (χ3n) is 8.99. The smallest absolute Gasteiger partial charge is 0.342 e. The Kier molecular flexibility index (Phi) is 2.79. The summed E-state index contributed by atoms with van der Waals surface area (Å²) in [6.07, 6.45) is -2.93. The molecule has 0 radical (unpaired) electrons. The fourth-order valence-corrected chi connectivity index (χ4v) is 8.16. The van der Waals surface area contributed by atoms with E-state index in [0.29, 0.717) is 19.4 Å². The number of aliphatic hydroxyl groups is 2. The number of fused-ring (bicyclic) bond motifs is 1. The average molecular weight is 394 g/mol. The quantitative estimate of drug-likeness (QED) is 0.558. The summed E-state index contributed by atoms with van der Waals surface area (Å²) in [7, 11) is 0. The van der Waals surface area contributed by atoms with Gasteiger partial charge in [-0.25, -0.2) is 9.59 Å². The molecule has 2 saturated carbocycles. The molecule has 5 unspecified atom stereocenters. The zero-order chi connectivity index (χ0) is 20.1. The lowest BCUT2D eigenvalue weighted by Gasteiger charge is -2.46. The highest BCUT2D eigenvalue weighted by Crippen LogP contribution is 2.84. The molecule has 0 aromatic carbocycles. The van der Waals surface area contributed by atoms with Gasteiger partial charge in [0.2, 0.25) is 11.9 Å². The maximum absolute atomic E-state index is 13.3. The number of rotatable bonds is 0. The van der Waals surface area contributed by atoms with Crippen LogP contribution in [-0.2, 0) is 28.5 Å². The van der Waals surface area contributed by atoms with Crippen LogP contribution in [-0.4, -0.2) is 64.6 Å². The summed E-state index contributed by atoms with van der Waals surface area (Å²) < 4.78 is 23.6. The molecule has 0 aromatic rings. The van der Waals surface area contributed by atoms with Gasteiger partial charge >= 0.3 is 11.9 Å². The zero-order valence-corrected chi connectivity index (χ0v) is 16.4. The van der Waals surface area contributed by atoms with Crippen LogP contribution in [0.1, 0.15) is 40.5 Å². The lowest BCUT2D eigenvalue weighted by atomic mass is 9.51. The van der Waals surface area contributed by atoms with Gasteiger partial charge in [-0.2, -0.15) is 0 Å². The predicted octanol–water partition coefficient (Wildman–Crippen LogP) is 0.133. The van der Waals surface area contributed by atoms with Crippen molar-refractivity contribution in [2.24, 2.45) is 28.1 Å². The van der Waals surface area contributed by atoms with Crippen LogP contribution in [0.5, 0.6) is 0 Å². The zero-order valence-electron chi connectivity index (χ0n) is 16.4. The molecule has 28 heavy (non-hydrogen) atoms. The molecule has 8 heteroatoms. The van der Waals surface area contributed by atoms with Gasteiger partial charge in [0.25, 0.3) is 0 Å². The standard InChI is InChI=1S/C20H26O8/c1-8-7-25-11-6-17-10-5-9(16(2,3)4)18(17)12(21)13(22)27-15(18)28-20(17,14(23)26-10)19(8,11)24/h8-12,15,21,24H,5-7H2,1-4H3/t8-,9+,10?,11?,12+,15?,17?,18?,19-,20-/m1/s1. The molecule has 10 atom stereocenters. The van der Waals surface area contributed by atoms with Crippen molar-refractivity contribution >= 4 is 11.9 Å². The summed E-state index contributed by atoms with van der Waals surface area (Å²) in [6.45, 7) is 8.27. The number of esters is 2. The van der Waals surface area contributed by atoms with Crippen molar-refractivity contribution in [1.29, 1.82) is 0 Å². The fourth-order valence-electron chi connectivity index (χ4n) is 8.16. The molecular weight excluding hydrogens is 368 g/mol. The molecular formula is C20H26O8. The Labute approximate surface area is 162 Å². The van der Waals surface area contributed by atoms with Crippen molar-refractivity contribution in [3.63, 3.8) is 0 Å². The van der Waals surface area contributed by atoms with Gasteiger partial charge in [-0.3, -0.25) is 0 Å². The molecule has 8 nitrogen and oxygen atoms in total. The van der Waals surface area contributed by atoms with Crippen LogP contribution in [0.2, 0.25) is 0 Å². The summed E-state index contributed by atoms with van der Waals surface area (Å²) in [6, 6.07) is 0. The number of ether oxygens (including phenoxy) is 4. The maximum Gasteiger partial charge on any atom is 0.342 e. The van der Waals surface area contributed by atoms with Gasteiger partial charge in [-0.1, -0.05) is 27.7 Å². The molecule has 6 fully saturated rings. The first kappa shape index (κ1) is 17.6. The third kappa shape index (κ3) is 1.28. The number of hydrogen-bond donors (Lipinski definition) is 2. The molecule has 2 spiro atoms. The van der Waals surface area contributed by atoms with E-state index in [1.165, 1.54) is 0 Å². The Bertz CT molecular complexity index is 820. The van der Waals surface area contributed by atoms with E-state index in [0.717, 1.165) is 0 Å². The molecule has 154 valence electrons. The third-order valence-corrected chi connectivity index (χ3v) is 8.99. The highest BCUT2D eigenvalue weighted by atomic mass is 16.8. The Hall–Kier alpha value is -1.22. The van der Waals surface area contributed by atoms with Gasteiger partial charge in [-0.15, -0.1) is 0 Å². The molecule has 0 bridgehead atoms. The summed E-state index contributed by atoms with van der Waals surface area (Å²) in [5, 5.41) is 23.1. The Morgan fingerprint density at radius 1 is 1.14 bits per heavy atom. The molecule has 4 saturated heterocycles. The Morgan fingerprint density at radius 2 is 1.86 bits per heavy atom. The van der Waals surface area contributed by atoms with E-state index in [1.807, 2.05) is 27.7 Å². The number of aliphatic hydroxyl groups excluding tert-OH is 1. The summed E-state index contributed by atoms with van der Waals surface area (Å²) in [4.78, 5) is 25.8. The lowest BCUT2D eigenvalue weighted by Crippen LogP contribution is -2.66. The van der Waals surface area contributed by atoms with Crippen molar-refractivity contribution in [3.8, 4) is 0 Å². The molecule has 2 aliphatic carbocycles. The molecule has 6 aliphatic rings. The van der Waals surface area contributed by atoms with Crippen molar-refractivity contribution < 1.29 is 38.7 Å². The van der Waals surface area contributed by atoms with Gasteiger partial charge in [0.05, 0.1) is 23.5 Å². The molecule has 2 N–H and O–H groups in total. The Balaban J connectivity index is 1.69. The van der Waals surface area contributed by atoms with Crippen LogP contribution >= 0.6 is 0 Å². The summed E-state index contributed by atoms with van der Waals surface area (Å²) in [5.41, 5.74) is -5.83. The fraction of sp³-hybridized carbons (Fsp3) is 0.900. The van der Waals surface area contributed by atoms with E-state index >= 15 is 0 Å². The SMILES string of the molecule is C[C@@H]1COC2CC34C5C[C@@H](C(C)(C)C)C36C(OC(=O)[C@@H]6O)O[C@@]4(C(=O)O5)[C@]21O. The monoisotopic (exact) mass is 394 g/mol. The van der Waals surface area contributed by atoms with Crippen molar-refractivity contribution in [2.75, 3.05) is 6.61 Å². The minimum atomic E-state index is -1.70. The lowest BCUT2D eigenvalue weighted by molar-refractivity contribution is -0.238. The molecule has 6 rings (SSSR count). The van der Waals surface area contributed by atoms with Crippen LogP contribution in [0.3, 0.4) is 0 Å². The van der Waals surface area contributed by atoms with Crippen molar-refractivity contribution in [3.05, 3.63) is 0 Å². The van der Waals surface area contributed by atoms with Crippen LogP contribution in [0.25, 0.3) is 0 Å². The minimum Gasteiger partial charge on any atom is -0.459 e. The first-order valence-corrected chi connectivity index (χ1v) is 10.1. The molecule has 4 aliphatic heterocycles. The van der Waals surface area contributed by atoms with E-state index in [1.54, 1.807) is 0 Å². The Morgan fingerprint density at radius 3 is 2.54 bits per heavy atom. The van der Waals surface area contributed by atoms with Crippen LogP contribution in [0, 0.1) is 28.1 Å². The second kappa shape index (κ2) is 4.43. The molecule has 0 amide bonds. The van der Waals surface area contributed by atoms with E-state index in [4.69, 9.17) is 18.9 Å². The van der Waals surface area contributed by atoms with Gasteiger partial charge in [-0.05, 0) is 24.2 Å². The van der Waals surface area contributed by atoms with Crippen LogP contribution in [0.15, 0.2) is 0 Å². The average Bonchev–Trinajstić information content (AvgIpc) is 3.31. The number of hydrogen-bond acceptors (Lipinski definition) is 8. The van der Waals surface area contributed by atoms with Crippen LogP contribution in [0.4, 0.5) is 0 Å². The summed E-state index contributed by atoms with van der Waals surface area (Å²) in [5.74, 6) is -1.92. The maximum atomic E-state index is 13.3. The minimum absolute atomic E-state index is 0.204. The second-order valence-electron chi connectivity index (χ2n) is 10.7. The highest BCUT2D eigenvalue weighted by molar-refractivity contribution is 5.90.